The lowest BCUT2D eigenvalue weighted by Crippen LogP contribution is -1.99. The van der Waals surface area contributed by atoms with Crippen LogP contribution in [0.5, 0.6) is 0 Å². The van der Waals surface area contributed by atoms with E-state index in [2.05, 4.69) is 27.8 Å². The first-order valence-electron chi connectivity index (χ1n) is 5.59. The number of nitrogens with two attached hydrogens (primary N) is 1. The van der Waals surface area contributed by atoms with Gasteiger partial charge >= 0.3 is 0 Å². The van der Waals surface area contributed by atoms with E-state index >= 15 is 0 Å². The smallest absolute Gasteiger partial charge is 0.0642 e. The molecular formula is C13H24BrNO2. The molecule has 0 aromatic heterocycles. The Morgan fingerprint density at radius 3 is 1.71 bits per heavy atom. The van der Waals surface area contributed by atoms with E-state index in [-0.39, 0.29) is 6.61 Å². The third-order valence-electron chi connectivity index (χ3n) is 1.42. The molecule has 0 aromatic carbocycles. The van der Waals surface area contributed by atoms with Crippen LogP contribution in [0.4, 0.5) is 0 Å². The first-order chi connectivity index (χ1) is 8.24. The Morgan fingerprint density at radius 2 is 1.47 bits per heavy atom. The maximum atomic E-state index is 8.31. The zero-order valence-corrected chi connectivity index (χ0v) is 12.0. The number of aliphatic hydroxyl groups is 2. The van der Waals surface area contributed by atoms with Crippen molar-refractivity contribution in [2.45, 2.75) is 32.1 Å². The molecule has 0 saturated carbocycles. The largest absolute Gasteiger partial charge is 0.396 e. The lowest BCUT2D eigenvalue weighted by Gasteiger charge is -1.90. The van der Waals surface area contributed by atoms with E-state index in [1.54, 1.807) is 0 Å². The van der Waals surface area contributed by atoms with Crippen LogP contribution in [0, 0.1) is 24.7 Å². The van der Waals surface area contributed by atoms with Gasteiger partial charge < -0.3 is 15.9 Å². The second-order valence-corrected chi connectivity index (χ2v) is 3.50. The van der Waals surface area contributed by atoms with Crippen LogP contribution in [0.2, 0.25) is 0 Å². The molecule has 0 spiro atoms. The monoisotopic (exact) mass is 305 g/mol. The number of alkyl halides is 1. The lowest BCUT2D eigenvalue weighted by atomic mass is 10.2. The zero-order chi connectivity index (χ0) is 13.8. The number of hydrogen-bond donors (Lipinski definition) is 3. The van der Waals surface area contributed by atoms with Gasteiger partial charge in [-0.2, -0.15) is 0 Å². The van der Waals surface area contributed by atoms with E-state index in [4.69, 9.17) is 28.8 Å². The lowest BCUT2D eigenvalue weighted by molar-refractivity contribution is 0.283. The van der Waals surface area contributed by atoms with Crippen molar-refractivity contribution in [1.82, 2.24) is 0 Å². The van der Waals surface area contributed by atoms with Crippen LogP contribution in [0.25, 0.3) is 0 Å². The Morgan fingerprint density at radius 1 is 0.941 bits per heavy atom. The molecule has 0 heterocycles. The molecule has 4 heteroatoms. The van der Waals surface area contributed by atoms with Gasteiger partial charge in [0.1, 0.15) is 0 Å². The van der Waals surface area contributed by atoms with Crippen molar-refractivity contribution in [3.8, 4) is 24.7 Å². The van der Waals surface area contributed by atoms with Crippen molar-refractivity contribution in [2.75, 3.05) is 25.1 Å². The van der Waals surface area contributed by atoms with Gasteiger partial charge in [-0.1, -0.05) is 28.3 Å². The number of aliphatic hydroxyl groups excluding tert-OH is 2. The second kappa shape index (κ2) is 29.6. The summed E-state index contributed by atoms with van der Waals surface area (Å²) in [6.07, 6.45) is 14.3. The number of hydrogen-bond acceptors (Lipinski definition) is 3. The summed E-state index contributed by atoms with van der Waals surface area (Å²) in [6.45, 7) is 1.11. The van der Waals surface area contributed by atoms with Crippen molar-refractivity contribution in [3.05, 3.63) is 0 Å². The summed E-state index contributed by atoms with van der Waals surface area (Å²) < 4.78 is 0. The Labute approximate surface area is 114 Å². The van der Waals surface area contributed by atoms with Crippen molar-refractivity contribution in [1.29, 1.82) is 0 Å². The molecule has 0 aromatic rings. The van der Waals surface area contributed by atoms with Gasteiger partial charge in [-0.05, 0) is 25.8 Å². The molecule has 0 unspecified atom stereocenters. The van der Waals surface area contributed by atoms with Gasteiger partial charge in [0.2, 0.25) is 0 Å². The number of unbranched alkanes of at least 4 members (excludes halogenated alkanes) is 3. The van der Waals surface area contributed by atoms with Gasteiger partial charge in [0.05, 0.1) is 5.33 Å². The molecule has 0 aliphatic heterocycles. The predicted molar refractivity (Wildman–Crippen MR) is 77.8 cm³/mol. The Kier molecular flexibility index (Phi) is 37.8. The van der Waals surface area contributed by atoms with Gasteiger partial charge in [-0.15, -0.1) is 18.8 Å². The highest BCUT2D eigenvalue weighted by atomic mass is 79.9. The molecule has 100 valence electrons. The van der Waals surface area contributed by atoms with Crippen LogP contribution < -0.4 is 5.73 Å². The first kappa shape index (κ1) is 21.7. The third kappa shape index (κ3) is 50.3. The fraction of sp³-hybridized carbons (Fsp3) is 0.692. The van der Waals surface area contributed by atoms with Gasteiger partial charge in [0.15, 0.2) is 0 Å². The molecule has 0 bridgehead atoms. The summed E-state index contributed by atoms with van der Waals surface area (Å²) in [7, 11) is 0. The molecule has 0 aliphatic carbocycles. The minimum atomic E-state index is 0.219. The van der Waals surface area contributed by atoms with E-state index < -0.39 is 0 Å². The first-order valence-corrected chi connectivity index (χ1v) is 6.71. The topological polar surface area (TPSA) is 66.5 Å². The standard InChI is InChI=1S/C7H12O.C3H3Br.C3H9NO/c1-2-3-4-5-6-7-8;1-2-3-4;4-2-1-3-5/h1,8H,3-7H2;1H,3H2;5H,1-4H2. The summed E-state index contributed by atoms with van der Waals surface area (Å²) in [5, 5.41) is 17.0. The summed E-state index contributed by atoms with van der Waals surface area (Å²) in [6, 6.07) is 0. The average Bonchev–Trinajstić information content (AvgIpc) is 2.37. The SMILES string of the molecule is C#CCBr.C#CCCCCCO.NCCCO. The maximum Gasteiger partial charge on any atom is 0.0642 e. The van der Waals surface area contributed by atoms with E-state index in [0.717, 1.165) is 32.1 Å². The van der Waals surface area contributed by atoms with Crippen LogP contribution in [0.1, 0.15) is 32.1 Å². The fourth-order valence-electron chi connectivity index (χ4n) is 0.607. The van der Waals surface area contributed by atoms with Crippen molar-refractivity contribution in [3.63, 3.8) is 0 Å². The van der Waals surface area contributed by atoms with Crippen LogP contribution in [-0.4, -0.2) is 35.3 Å². The molecule has 0 amide bonds. The Hall–Kier alpha value is -0.520. The van der Waals surface area contributed by atoms with Gasteiger partial charge in [-0.3, -0.25) is 0 Å². The minimum absolute atomic E-state index is 0.219. The highest BCUT2D eigenvalue weighted by Gasteiger charge is 1.82. The zero-order valence-electron chi connectivity index (χ0n) is 10.4. The molecule has 4 N–H and O–H groups in total. The van der Waals surface area contributed by atoms with Crippen LogP contribution in [0.3, 0.4) is 0 Å². The second-order valence-electron chi connectivity index (χ2n) is 2.94. The molecule has 3 nitrogen and oxygen atoms in total. The number of halogens is 1. The number of terminal acetylenes is 2. The van der Waals surface area contributed by atoms with Crippen LogP contribution in [-0.2, 0) is 0 Å². The van der Waals surface area contributed by atoms with Crippen molar-refractivity contribution < 1.29 is 10.2 Å². The molecule has 0 aliphatic rings. The van der Waals surface area contributed by atoms with E-state index in [0.29, 0.717) is 18.5 Å². The fourth-order valence-corrected chi connectivity index (χ4v) is 0.607. The third-order valence-corrected chi connectivity index (χ3v) is 1.74. The van der Waals surface area contributed by atoms with E-state index in [9.17, 15) is 0 Å². The predicted octanol–water partition coefficient (Wildman–Crippen LogP) is 1.51. The summed E-state index contributed by atoms with van der Waals surface area (Å²) >= 11 is 3.01. The van der Waals surface area contributed by atoms with Crippen molar-refractivity contribution in [2.24, 2.45) is 5.73 Å². The molecule has 0 radical (unpaired) electrons. The van der Waals surface area contributed by atoms with Crippen LogP contribution >= 0.6 is 15.9 Å². The van der Waals surface area contributed by atoms with E-state index in [1.807, 2.05) is 0 Å². The Bertz CT molecular complexity index is 183. The molecule has 0 atom stereocenters. The maximum absolute atomic E-state index is 8.31. The molecular weight excluding hydrogens is 282 g/mol. The summed E-state index contributed by atoms with van der Waals surface area (Å²) in [4.78, 5) is 0. The summed E-state index contributed by atoms with van der Waals surface area (Å²) in [5.41, 5.74) is 4.98. The molecule has 17 heavy (non-hydrogen) atoms. The average molecular weight is 306 g/mol. The minimum Gasteiger partial charge on any atom is -0.396 e. The van der Waals surface area contributed by atoms with Gasteiger partial charge in [0.25, 0.3) is 0 Å². The quantitative estimate of drug-likeness (QED) is 0.396. The van der Waals surface area contributed by atoms with Crippen LogP contribution in [0.15, 0.2) is 0 Å². The highest BCUT2D eigenvalue weighted by molar-refractivity contribution is 9.09. The van der Waals surface area contributed by atoms with Gasteiger partial charge in [-0.25, -0.2) is 0 Å². The van der Waals surface area contributed by atoms with Crippen molar-refractivity contribution >= 4 is 15.9 Å². The number of rotatable bonds is 6. The summed E-state index contributed by atoms with van der Waals surface area (Å²) in [5.74, 6) is 4.89. The molecule has 0 saturated heterocycles. The molecule has 0 fully saturated rings. The Balaban J connectivity index is -0.000000188. The highest BCUT2D eigenvalue weighted by Crippen LogP contribution is 1.96. The van der Waals surface area contributed by atoms with Gasteiger partial charge in [0, 0.05) is 19.6 Å². The van der Waals surface area contributed by atoms with E-state index in [1.165, 1.54) is 0 Å². The normalized spacial score (nSPS) is 7.65. The molecule has 0 rings (SSSR count).